The number of hydrogen-bond donors (Lipinski definition) is 1. The Morgan fingerprint density at radius 1 is 1.21 bits per heavy atom. The second-order valence-electron chi connectivity index (χ2n) is 12.8. The molecular formula is C35H41N5O3. The van der Waals surface area contributed by atoms with E-state index in [0.29, 0.717) is 5.92 Å². The van der Waals surface area contributed by atoms with E-state index in [4.69, 9.17) is 9.72 Å². The largest absolute Gasteiger partial charge is 0.487 e. The SMILES string of the molecule is CC[C@@H]1CN(Cc2cc(C(CC(=O)O)c3cc(C4CC4)c4c(nnn4C)c3C)cc3c2CCC3)[C@@H](C)c2ncccc2O1. The van der Waals surface area contributed by atoms with Crippen molar-refractivity contribution in [1.82, 2.24) is 24.9 Å². The van der Waals surface area contributed by atoms with Crippen molar-refractivity contribution in [2.45, 2.75) is 96.2 Å². The van der Waals surface area contributed by atoms with Crippen LogP contribution in [0.2, 0.25) is 0 Å². The van der Waals surface area contributed by atoms with Crippen LogP contribution in [0, 0.1) is 6.92 Å². The first-order chi connectivity index (χ1) is 20.8. The Morgan fingerprint density at radius 2 is 2.05 bits per heavy atom. The highest BCUT2D eigenvalue weighted by Gasteiger charge is 2.33. The lowest BCUT2D eigenvalue weighted by molar-refractivity contribution is -0.137. The number of rotatable bonds is 8. The number of aryl methyl sites for hydroxylation is 3. The first-order valence-corrected chi connectivity index (χ1v) is 15.9. The maximum absolute atomic E-state index is 12.4. The van der Waals surface area contributed by atoms with Gasteiger partial charge in [-0.3, -0.25) is 14.7 Å². The molecule has 1 fully saturated rings. The number of nitrogens with zero attached hydrogens (tertiary/aromatic N) is 5. The van der Waals surface area contributed by atoms with E-state index in [2.05, 4.69) is 54.2 Å². The number of fused-ring (bicyclic) bond motifs is 3. The molecular weight excluding hydrogens is 538 g/mol. The third kappa shape index (κ3) is 5.09. The number of ether oxygens (including phenoxy) is 1. The van der Waals surface area contributed by atoms with E-state index in [-0.39, 0.29) is 24.5 Å². The fraction of sp³-hybridized carbons (Fsp3) is 0.486. The zero-order chi connectivity index (χ0) is 29.8. The lowest BCUT2D eigenvalue weighted by Crippen LogP contribution is -2.34. The minimum absolute atomic E-state index is 0.0398. The molecule has 224 valence electrons. The highest BCUT2D eigenvalue weighted by atomic mass is 16.5. The molecule has 2 aromatic heterocycles. The van der Waals surface area contributed by atoms with Gasteiger partial charge >= 0.3 is 5.97 Å². The van der Waals surface area contributed by atoms with Gasteiger partial charge in [-0.2, -0.15) is 0 Å². The second kappa shape index (κ2) is 11.1. The van der Waals surface area contributed by atoms with Gasteiger partial charge in [-0.05, 0) is 109 Å². The predicted molar refractivity (Wildman–Crippen MR) is 166 cm³/mol. The molecule has 0 amide bonds. The summed E-state index contributed by atoms with van der Waals surface area (Å²) < 4.78 is 8.28. The molecule has 3 atom stereocenters. The van der Waals surface area contributed by atoms with Crippen molar-refractivity contribution < 1.29 is 14.6 Å². The molecule has 4 aromatic rings. The number of aliphatic carboxylic acids is 1. The monoisotopic (exact) mass is 579 g/mol. The Kier molecular flexibility index (Phi) is 7.20. The Hall–Kier alpha value is -3.78. The average molecular weight is 580 g/mol. The van der Waals surface area contributed by atoms with Crippen LogP contribution in [0.3, 0.4) is 0 Å². The van der Waals surface area contributed by atoms with Crippen LogP contribution >= 0.6 is 0 Å². The highest BCUT2D eigenvalue weighted by Crippen LogP contribution is 2.46. The van der Waals surface area contributed by atoms with Gasteiger partial charge in [0.2, 0.25) is 0 Å². The molecule has 2 aliphatic carbocycles. The Balaban J connectivity index is 1.32. The van der Waals surface area contributed by atoms with Crippen LogP contribution < -0.4 is 4.74 Å². The van der Waals surface area contributed by atoms with E-state index in [1.54, 1.807) is 0 Å². The van der Waals surface area contributed by atoms with Crippen LogP contribution in [0.1, 0.15) is 108 Å². The van der Waals surface area contributed by atoms with Gasteiger partial charge in [0, 0.05) is 32.3 Å². The van der Waals surface area contributed by atoms with Crippen LogP contribution in [0.15, 0.2) is 36.5 Å². The van der Waals surface area contributed by atoms with Crippen LogP contribution in [-0.2, 0) is 31.2 Å². The van der Waals surface area contributed by atoms with E-state index in [1.165, 1.54) is 22.3 Å². The number of benzene rings is 2. The maximum Gasteiger partial charge on any atom is 0.304 e. The molecule has 3 aliphatic rings. The number of carboxylic acid groups (broad SMARTS) is 1. The molecule has 1 saturated carbocycles. The van der Waals surface area contributed by atoms with Gasteiger partial charge in [0.25, 0.3) is 0 Å². The minimum atomic E-state index is -0.787. The second-order valence-corrected chi connectivity index (χ2v) is 12.8. The third-order valence-electron chi connectivity index (χ3n) is 10.0. The van der Waals surface area contributed by atoms with Gasteiger partial charge in [0.15, 0.2) is 0 Å². The fourth-order valence-corrected chi connectivity index (χ4v) is 7.49. The molecule has 2 aromatic carbocycles. The van der Waals surface area contributed by atoms with E-state index in [1.807, 2.05) is 30.1 Å². The lowest BCUT2D eigenvalue weighted by atomic mass is 9.82. The van der Waals surface area contributed by atoms with Crippen molar-refractivity contribution in [2.24, 2.45) is 7.05 Å². The maximum atomic E-state index is 12.4. The van der Waals surface area contributed by atoms with Gasteiger partial charge in [0.1, 0.15) is 17.4 Å². The smallest absolute Gasteiger partial charge is 0.304 e. The number of carboxylic acids is 1. The first-order valence-electron chi connectivity index (χ1n) is 15.9. The van der Waals surface area contributed by atoms with Gasteiger partial charge < -0.3 is 9.84 Å². The first kappa shape index (κ1) is 28.0. The number of aromatic nitrogens is 4. The summed E-state index contributed by atoms with van der Waals surface area (Å²) in [5.41, 5.74) is 11.5. The average Bonchev–Trinajstić information content (AvgIpc) is 3.63. The van der Waals surface area contributed by atoms with Crippen molar-refractivity contribution in [3.8, 4) is 5.75 Å². The number of pyridine rings is 1. The summed E-state index contributed by atoms with van der Waals surface area (Å²) in [6, 6.07) is 11.0. The standard InChI is InChI=1S/C35H41N5O3/c1-5-26-19-40(21(3)34-31(43-26)10-7-13-36-34)18-25-15-24(14-23-8-6-9-27(23)25)29(17-32(41)42)28-16-30(22-11-12-22)35-33(20(28)2)37-38-39(35)4/h7,10,13-16,21-22,26,29H,5-6,8-9,11-12,17-19H2,1-4H3,(H,41,42)/t21-,26+,29?/m0/s1. The lowest BCUT2D eigenvalue weighted by Gasteiger charge is -2.30. The summed E-state index contributed by atoms with van der Waals surface area (Å²) in [5, 5.41) is 19.1. The number of hydrogen-bond acceptors (Lipinski definition) is 6. The van der Waals surface area contributed by atoms with Crippen molar-refractivity contribution in [2.75, 3.05) is 6.54 Å². The quantitative estimate of drug-likeness (QED) is 0.259. The van der Waals surface area contributed by atoms with Gasteiger partial charge in [0.05, 0.1) is 23.7 Å². The highest BCUT2D eigenvalue weighted by molar-refractivity contribution is 5.84. The van der Waals surface area contributed by atoms with Crippen molar-refractivity contribution >= 4 is 17.0 Å². The van der Waals surface area contributed by atoms with Crippen molar-refractivity contribution in [1.29, 1.82) is 0 Å². The van der Waals surface area contributed by atoms with E-state index in [0.717, 1.165) is 90.8 Å². The Bertz CT molecular complexity index is 1710. The molecule has 43 heavy (non-hydrogen) atoms. The van der Waals surface area contributed by atoms with Gasteiger partial charge in [-0.1, -0.05) is 30.3 Å². The molecule has 1 unspecified atom stereocenters. The molecule has 1 aliphatic heterocycles. The topological polar surface area (TPSA) is 93.4 Å². The minimum Gasteiger partial charge on any atom is -0.487 e. The molecule has 1 N–H and O–H groups in total. The molecule has 0 bridgehead atoms. The normalized spacial score (nSPS) is 20.8. The molecule has 8 nitrogen and oxygen atoms in total. The molecule has 7 rings (SSSR count). The van der Waals surface area contributed by atoms with Crippen LogP contribution in [-0.4, -0.2) is 48.6 Å². The zero-order valence-electron chi connectivity index (χ0n) is 25.6. The zero-order valence-corrected chi connectivity index (χ0v) is 25.6. The molecule has 8 heteroatoms. The van der Waals surface area contributed by atoms with Crippen molar-refractivity contribution in [3.05, 3.63) is 81.2 Å². The Labute approximate surface area is 253 Å². The summed E-state index contributed by atoms with van der Waals surface area (Å²) in [4.78, 5) is 19.6. The van der Waals surface area contributed by atoms with Crippen LogP contribution in [0.25, 0.3) is 11.0 Å². The summed E-state index contributed by atoms with van der Waals surface area (Å²) in [5.74, 6) is 0.327. The number of carbonyl (C=O) groups is 1. The van der Waals surface area contributed by atoms with E-state index in [9.17, 15) is 9.90 Å². The van der Waals surface area contributed by atoms with E-state index >= 15 is 0 Å². The molecule has 3 heterocycles. The summed E-state index contributed by atoms with van der Waals surface area (Å²) in [6.07, 6.45) is 8.44. The fourth-order valence-electron chi connectivity index (χ4n) is 7.49. The summed E-state index contributed by atoms with van der Waals surface area (Å²) in [7, 11) is 1.95. The Morgan fingerprint density at radius 3 is 2.81 bits per heavy atom. The van der Waals surface area contributed by atoms with Crippen LogP contribution in [0.4, 0.5) is 0 Å². The van der Waals surface area contributed by atoms with Gasteiger partial charge in [-0.25, -0.2) is 4.68 Å². The summed E-state index contributed by atoms with van der Waals surface area (Å²) >= 11 is 0. The van der Waals surface area contributed by atoms with Crippen LogP contribution in [0.5, 0.6) is 5.75 Å². The molecule has 0 radical (unpaired) electrons. The molecule has 0 saturated heterocycles. The van der Waals surface area contributed by atoms with Crippen molar-refractivity contribution in [3.63, 3.8) is 0 Å². The summed E-state index contributed by atoms with van der Waals surface area (Å²) in [6.45, 7) is 8.08. The predicted octanol–water partition coefficient (Wildman–Crippen LogP) is 6.38. The third-order valence-corrected chi connectivity index (χ3v) is 10.0. The molecule has 0 spiro atoms. The van der Waals surface area contributed by atoms with Gasteiger partial charge in [-0.15, -0.1) is 5.10 Å². The van der Waals surface area contributed by atoms with E-state index < -0.39 is 5.97 Å².